The maximum absolute atomic E-state index is 12.9. The van der Waals surface area contributed by atoms with Crippen LogP contribution in [0.2, 0.25) is 0 Å². The zero-order valence-corrected chi connectivity index (χ0v) is 21.6. The molecule has 0 aliphatic carbocycles. The van der Waals surface area contributed by atoms with Gasteiger partial charge in [-0.25, -0.2) is 4.39 Å². The third-order valence-electron chi connectivity index (χ3n) is 5.92. The van der Waals surface area contributed by atoms with Crippen LogP contribution in [-0.2, 0) is 4.79 Å². The van der Waals surface area contributed by atoms with Gasteiger partial charge in [-0.05, 0) is 51.0 Å². The van der Waals surface area contributed by atoms with Crippen molar-refractivity contribution in [3.63, 3.8) is 0 Å². The van der Waals surface area contributed by atoms with E-state index < -0.39 is 0 Å². The van der Waals surface area contributed by atoms with E-state index in [4.69, 9.17) is 9.73 Å². The highest BCUT2D eigenvalue weighted by atomic mass is 127. The fraction of sp³-hybridized carbons (Fsp3) is 0.652. The van der Waals surface area contributed by atoms with Crippen LogP contribution in [0.3, 0.4) is 0 Å². The summed E-state index contributed by atoms with van der Waals surface area (Å²) in [6, 6.07) is 6.02. The summed E-state index contributed by atoms with van der Waals surface area (Å²) < 4.78 is 18.6. The lowest BCUT2D eigenvalue weighted by Gasteiger charge is -2.39. The van der Waals surface area contributed by atoms with Gasteiger partial charge in [0, 0.05) is 58.8 Å². The molecule has 32 heavy (non-hydrogen) atoms. The first-order chi connectivity index (χ1) is 15.1. The molecule has 1 unspecified atom stereocenters. The molecule has 2 aliphatic heterocycles. The molecule has 2 fully saturated rings. The first kappa shape index (κ1) is 26.6. The summed E-state index contributed by atoms with van der Waals surface area (Å²) in [7, 11) is 0. The van der Waals surface area contributed by atoms with Crippen LogP contribution in [0.5, 0.6) is 5.75 Å². The van der Waals surface area contributed by atoms with Crippen LogP contribution in [0.15, 0.2) is 29.3 Å². The molecule has 1 atom stereocenters. The Morgan fingerprint density at radius 1 is 1.09 bits per heavy atom. The van der Waals surface area contributed by atoms with Crippen LogP contribution in [0.25, 0.3) is 0 Å². The molecule has 9 heteroatoms. The molecule has 2 aliphatic rings. The predicted octanol–water partition coefficient (Wildman–Crippen LogP) is 2.81. The largest absolute Gasteiger partial charge is 0.494 e. The average molecular weight is 561 g/mol. The molecular formula is C23H37FIN5O2. The Morgan fingerprint density at radius 3 is 2.38 bits per heavy atom. The Kier molecular flexibility index (Phi) is 11.5. The summed E-state index contributed by atoms with van der Waals surface area (Å²) >= 11 is 0. The number of nitrogens with zero attached hydrogens (tertiary/aromatic N) is 4. The number of carbonyl (C=O) groups is 1. The second-order valence-corrected chi connectivity index (χ2v) is 8.12. The van der Waals surface area contributed by atoms with Crippen molar-refractivity contribution in [1.29, 1.82) is 0 Å². The van der Waals surface area contributed by atoms with Gasteiger partial charge in [0.05, 0.1) is 12.6 Å². The third-order valence-corrected chi connectivity index (χ3v) is 5.92. The Bertz CT molecular complexity index is 720. The molecule has 0 bridgehead atoms. The first-order valence-electron chi connectivity index (χ1n) is 11.5. The zero-order valence-electron chi connectivity index (χ0n) is 19.3. The minimum Gasteiger partial charge on any atom is -0.494 e. The monoisotopic (exact) mass is 561 g/mol. The molecule has 7 nitrogen and oxygen atoms in total. The number of likely N-dealkylation sites (tertiary alicyclic amines) is 1. The Labute approximate surface area is 208 Å². The van der Waals surface area contributed by atoms with Gasteiger partial charge in [0.1, 0.15) is 11.6 Å². The van der Waals surface area contributed by atoms with E-state index in [0.717, 1.165) is 71.0 Å². The van der Waals surface area contributed by atoms with Crippen molar-refractivity contribution in [2.45, 2.75) is 39.2 Å². The first-order valence-corrected chi connectivity index (χ1v) is 11.5. The van der Waals surface area contributed by atoms with E-state index in [1.54, 1.807) is 12.1 Å². The van der Waals surface area contributed by atoms with Crippen molar-refractivity contribution in [2.75, 3.05) is 59.0 Å². The molecule has 1 amide bonds. The summed E-state index contributed by atoms with van der Waals surface area (Å²) in [6.45, 7) is 11.4. The molecule has 0 saturated carbocycles. The van der Waals surface area contributed by atoms with Gasteiger partial charge >= 0.3 is 0 Å². The molecule has 2 saturated heterocycles. The number of hydrogen-bond donors (Lipinski definition) is 1. The standard InChI is InChI=1S/C23H36FN5O2.HI/c1-3-25-23(26-11-6-18-31-21-9-7-20(24)8-10-21)29-16-14-27(15-17-29)19(2)22(30)28-12-4-5-13-28;/h7-10,19H,3-6,11-18H2,1-2H3,(H,25,26);1H. The van der Waals surface area contributed by atoms with E-state index in [1.807, 2.05) is 11.8 Å². The van der Waals surface area contributed by atoms with E-state index in [1.165, 1.54) is 12.1 Å². The highest BCUT2D eigenvalue weighted by Crippen LogP contribution is 2.14. The van der Waals surface area contributed by atoms with E-state index in [2.05, 4.69) is 22.0 Å². The number of amides is 1. The average Bonchev–Trinajstić information content (AvgIpc) is 3.33. The molecule has 1 N–H and O–H groups in total. The van der Waals surface area contributed by atoms with Crippen molar-refractivity contribution in [3.05, 3.63) is 30.1 Å². The number of benzene rings is 1. The van der Waals surface area contributed by atoms with Crippen molar-refractivity contribution in [1.82, 2.24) is 20.0 Å². The normalized spacial score (nSPS) is 18.3. The van der Waals surface area contributed by atoms with Crippen molar-refractivity contribution in [3.8, 4) is 5.75 Å². The van der Waals surface area contributed by atoms with Gasteiger partial charge in [-0.3, -0.25) is 14.7 Å². The Balaban J connectivity index is 0.00000363. The molecule has 1 aromatic rings. The molecular weight excluding hydrogens is 524 g/mol. The van der Waals surface area contributed by atoms with Crippen LogP contribution >= 0.6 is 24.0 Å². The summed E-state index contributed by atoms with van der Waals surface area (Å²) in [4.78, 5) is 24.0. The summed E-state index contributed by atoms with van der Waals surface area (Å²) in [5, 5.41) is 3.38. The van der Waals surface area contributed by atoms with E-state index in [-0.39, 0.29) is 41.7 Å². The van der Waals surface area contributed by atoms with Gasteiger partial charge in [-0.15, -0.1) is 24.0 Å². The minimum absolute atomic E-state index is 0. The van der Waals surface area contributed by atoms with Crippen molar-refractivity contribution < 1.29 is 13.9 Å². The molecule has 0 spiro atoms. The number of carbonyl (C=O) groups excluding carboxylic acids is 1. The highest BCUT2D eigenvalue weighted by Gasteiger charge is 2.30. The number of halogens is 2. The quantitative estimate of drug-likeness (QED) is 0.229. The van der Waals surface area contributed by atoms with Crippen LogP contribution < -0.4 is 10.1 Å². The number of piperazine rings is 1. The number of hydrogen-bond acceptors (Lipinski definition) is 4. The second-order valence-electron chi connectivity index (χ2n) is 8.12. The van der Waals surface area contributed by atoms with E-state index in [0.29, 0.717) is 18.9 Å². The third kappa shape index (κ3) is 7.75. The smallest absolute Gasteiger partial charge is 0.239 e. The maximum Gasteiger partial charge on any atom is 0.239 e. The lowest BCUT2D eigenvalue weighted by molar-refractivity contribution is -0.135. The molecule has 0 aromatic heterocycles. The SMILES string of the molecule is CCNC(=NCCCOc1ccc(F)cc1)N1CCN(C(C)C(=O)N2CCCC2)CC1.I. The van der Waals surface area contributed by atoms with Crippen molar-refractivity contribution in [2.24, 2.45) is 4.99 Å². The fourth-order valence-corrected chi connectivity index (χ4v) is 4.08. The Hall–Kier alpha value is -1.62. The molecule has 2 heterocycles. The lowest BCUT2D eigenvalue weighted by atomic mass is 10.2. The number of ether oxygens (including phenoxy) is 1. The van der Waals surface area contributed by atoms with Gasteiger partial charge in [-0.1, -0.05) is 0 Å². The van der Waals surface area contributed by atoms with Crippen LogP contribution in [-0.4, -0.2) is 91.6 Å². The maximum atomic E-state index is 12.9. The van der Waals surface area contributed by atoms with Crippen LogP contribution in [0.1, 0.15) is 33.1 Å². The van der Waals surface area contributed by atoms with Gasteiger partial charge < -0.3 is 19.9 Å². The van der Waals surface area contributed by atoms with Gasteiger partial charge in [0.15, 0.2) is 5.96 Å². The predicted molar refractivity (Wildman–Crippen MR) is 136 cm³/mol. The summed E-state index contributed by atoms with van der Waals surface area (Å²) in [6.07, 6.45) is 3.04. The fourth-order valence-electron chi connectivity index (χ4n) is 4.08. The zero-order chi connectivity index (χ0) is 22.1. The molecule has 0 radical (unpaired) electrons. The number of aliphatic imine (C=N–C) groups is 1. The van der Waals surface area contributed by atoms with Gasteiger partial charge in [-0.2, -0.15) is 0 Å². The highest BCUT2D eigenvalue weighted by molar-refractivity contribution is 14.0. The van der Waals surface area contributed by atoms with Gasteiger partial charge in [0.2, 0.25) is 5.91 Å². The summed E-state index contributed by atoms with van der Waals surface area (Å²) in [5.74, 6) is 1.60. The molecule has 180 valence electrons. The topological polar surface area (TPSA) is 60.4 Å². The van der Waals surface area contributed by atoms with E-state index in [9.17, 15) is 9.18 Å². The number of guanidine groups is 1. The van der Waals surface area contributed by atoms with E-state index >= 15 is 0 Å². The number of rotatable bonds is 8. The van der Waals surface area contributed by atoms with Gasteiger partial charge in [0.25, 0.3) is 0 Å². The van der Waals surface area contributed by atoms with Crippen LogP contribution in [0, 0.1) is 5.82 Å². The minimum atomic E-state index is -0.262. The lowest BCUT2D eigenvalue weighted by Crippen LogP contribution is -2.57. The van der Waals surface area contributed by atoms with Crippen molar-refractivity contribution >= 4 is 35.8 Å². The second kappa shape index (κ2) is 13.8. The molecule has 1 aromatic carbocycles. The summed E-state index contributed by atoms with van der Waals surface area (Å²) in [5.41, 5.74) is 0. The Morgan fingerprint density at radius 2 is 1.75 bits per heavy atom. The number of nitrogens with one attached hydrogen (secondary N) is 1. The van der Waals surface area contributed by atoms with Crippen LogP contribution in [0.4, 0.5) is 4.39 Å². The molecule has 3 rings (SSSR count).